The molecule has 2 aliphatic rings. The van der Waals surface area contributed by atoms with Crippen LogP contribution in [0.5, 0.6) is 0 Å². The molecule has 0 aromatic heterocycles. The number of halogens is 1. The lowest BCUT2D eigenvalue weighted by molar-refractivity contribution is -0.142. The lowest BCUT2D eigenvalue weighted by atomic mass is 9.87. The number of hydrogen-bond donors (Lipinski definition) is 0. The Morgan fingerprint density at radius 1 is 1.45 bits per heavy atom. The highest BCUT2D eigenvalue weighted by Crippen LogP contribution is 2.43. The monoisotopic (exact) mass is 278 g/mol. The summed E-state index contributed by atoms with van der Waals surface area (Å²) >= 11 is 0. The largest absolute Gasteiger partial charge is 0.273 e. The van der Waals surface area contributed by atoms with Gasteiger partial charge in [0.05, 0.1) is 11.5 Å². The predicted octanol–water partition coefficient (Wildman–Crippen LogP) is 3.38. The van der Waals surface area contributed by atoms with Crippen LogP contribution < -0.4 is 0 Å². The zero-order valence-electron chi connectivity index (χ0n) is 11.4. The first-order valence-corrected chi connectivity index (χ1v) is 6.89. The third-order valence-corrected chi connectivity index (χ3v) is 4.53. The molecule has 2 aliphatic heterocycles. The summed E-state index contributed by atoms with van der Waals surface area (Å²) < 4.78 is 13.4. The molecule has 2 atom stereocenters. The first-order valence-electron chi connectivity index (χ1n) is 6.89. The summed E-state index contributed by atoms with van der Waals surface area (Å²) in [7, 11) is 0. The van der Waals surface area contributed by atoms with Crippen LogP contribution in [0, 0.1) is 11.2 Å². The molecule has 2 heterocycles. The molecule has 3 nitrogen and oxygen atoms in total. The molecule has 1 aromatic carbocycles. The van der Waals surface area contributed by atoms with Crippen molar-refractivity contribution in [1.82, 2.24) is 10.0 Å². The van der Waals surface area contributed by atoms with Crippen LogP contribution in [0.4, 0.5) is 4.39 Å². The molecule has 20 heavy (non-hydrogen) atoms. The number of carbonyl (C=O) groups excluding carboxylic acids is 1. The summed E-state index contributed by atoms with van der Waals surface area (Å²) in [6, 6.07) is 6.61. The van der Waals surface area contributed by atoms with E-state index >= 15 is 0 Å². The Labute approximate surface area is 120 Å². The van der Waals surface area contributed by atoms with Gasteiger partial charge < -0.3 is 0 Å². The van der Waals surface area contributed by atoms with E-state index in [0.29, 0.717) is 0 Å². The highest BCUT2D eigenvalue weighted by atomic mass is 19.1. The second-order valence-electron chi connectivity index (χ2n) is 5.81. The maximum Gasteiger partial charge on any atom is 0.244 e. The standard InChI is InChI=1S/C15H19FN2O.CH4/c1-3-15(2)10-17-8-7-13(18(17)14(15)19)11-5-4-6-12(16)9-11;/h4-6,9,13H,3,7-8,10H2,1-2H3;1H4. The normalized spacial score (nSPS) is 29.4. The van der Waals surface area contributed by atoms with Crippen molar-refractivity contribution in [2.45, 2.75) is 40.2 Å². The van der Waals surface area contributed by atoms with Crippen molar-refractivity contribution >= 4 is 5.91 Å². The van der Waals surface area contributed by atoms with Crippen molar-refractivity contribution in [3.63, 3.8) is 0 Å². The van der Waals surface area contributed by atoms with Gasteiger partial charge in [-0.25, -0.2) is 9.40 Å². The fourth-order valence-electron chi connectivity index (χ4n) is 3.16. The van der Waals surface area contributed by atoms with Gasteiger partial charge in [0, 0.05) is 13.1 Å². The molecule has 0 aliphatic carbocycles. The van der Waals surface area contributed by atoms with Crippen LogP contribution in [0.3, 0.4) is 0 Å². The summed E-state index contributed by atoms with van der Waals surface area (Å²) in [4.78, 5) is 12.6. The topological polar surface area (TPSA) is 23.6 Å². The SMILES string of the molecule is C.CCC1(C)CN2CCC(c3cccc(F)c3)N2C1=O. The summed E-state index contributed by atoms with van der Waals surface area (Å²) in [5, 5.41) is 3.99. The molecule has 2 unspecified atom stereocenters. The van der Waals surface area contributed by atoms with Gasteiger partial charge in [-0.05, 0) is 37.5 Å². The van der Waals surface area contributed by atoms with Gasteiger partial charge in [-0.3, -0.25) is 9.80 Å². The molecular formula is C16H23FN2O. The number of nitrogens with zero attached hydrogens (tertiary/aromatic N) is 2. The molecule has 0 bridgehead atoms. The number of hydrogen-bond acceptors (Lipinski definition) is 2. The Kier molecular flexibility index (Phi) is 3.87. The molecule has 1 aromatic rings. The molecule has 0 N–H and O–H groups in total. The number of amides is 1. The van der Waals surface area contributed by atoms with Crippen LogP contribution in [0.1, 0.15) is 45.7 Å². The Balaban J connectivity index is 0.00000147. The number of carbonyl (C=O) groups is 1. The zero-order chi connectivity index (χ0) is 13.6. The van der Waals surface area contributed by atoms with Crippen LogP contribution in [-0.2, 0) is 4.79 Å². The van der Waals surface area contributed by atoms with Crippen LogP contribution in [-0.4, -0.2) is 29.0 Å². The third-order valence-electron chi connectivity index (χ3n) is 4.53. The van der Waals surface area contributed by atoms with Gasteiger partial charge >= 0.3 is 0 Å². The van der Waals surface area contributed by atoms with Gasteiger partial charge in [-0.1, -0.05) is 26.5 Å². The Bertz CT molecular complexity index is 519. The van der Waals surface area contributed by atoms with Crippen LogP contribution in [0.2, 0.25) is 0 Å². The van der Waals surface area contributed by atoms with E-state index in [2.05, 4.69) is 11.9 Å². The molecule has 4 heteroatoms. The maximum atomic E-state index is 13.4. The number of benzene rings is 1. The maximum absolute atomic E-state index is 13.4. The number of rotatable bonds is 2. The molecular weight excluding hydrogens is 255 g/mol. The molecule has 110 valence electrons. The molecule has 2 fully saturated rings. The highest BCUT2D eigenvalue weighted by molar-refractivity contribution is 5.84. The van der Waals surface area contributed by atoms with E-state index in [1.165, 1.54) is 6.07 Å². The van der Waals surface area contributed by atoms with E-state index in [0.717, 1.165) is 31.5 Å². The number of hydrazine groups is 1. The molecule has 1 amide bonds. The molecule has 0 radical (unpaired) electrons. The minimum atomic E-state index is -0.286. The Morgan fingerprint density at radius 3 is 2.85 bits per heavy atom. The van der Waals surface area contributed by atoms with Gasteiger partial charge in [-0.15, -0.1) is 0 Å². The average molecular weight is 278 g/mol. The van der Waals surface area contributed by atoms with Gasteiger partial charge in [0.15, 0.2) is 0 Å². The van der Waals surface area contributed by atoms with E-state index in [-0.39, 0.29) is 30.6 Å². The van der Waals surface area contributed by atoms with Crippen molar-refractivity contribution in [3.05, 3.63) is 35.6 Å². The predicted molar refractivity (Wildman–Crippen MR) is 77.3 cm³/mol. The first kappa shape index (κ1) is 15.0. The quantitative estimate of drug-likeness (QED) is 0.828. The molecule has 0 spiro atoms. The third kappa shape index (κ3) is 2.12. The van der Waals surface area contributed by atoms with Crippen LogP contribution in [0.25, 0.3) is 0 Å². The molecule has 3 rings (SSSR count). The minimum Gasteiger partial charge on any atom is -0.273 e. The van der Waals surface area contributed by atoms with Crippen molar-refractivity contribution < 1.29 is 9.18 Å². The molecule has 0 saturated carbocycles. The fourth-order valence-corrected chi connectivity index (χ4v) is 3.16. The van der Waals surface area contributed by atoms with Gasteiger partial charge in [0.1, 0.15) is 5.82 Å². The zero-order valence-corrected chi connectivity index (χ0v) is 11.4. The highest BCUT2D eigenvalue weighted by Gasteiger charge is 2.51. The van der Waals surface area contributed by atoms with Crippen molar-refractivity contribution in [1.29, 1.82) is 0 Å². The van der Waals surface area contributed by atoms with Crippen LogP contribution in [0.15, 0.2) is 24.3 Å². The summed E-state index contributed by atoms with van der Waals surface area (Å²) in [6.45, 7) is 5.74. The average Bonchev–Trinajstić information content (AvgIpc) is 2.90. The first-order chi connectivity index (χ1) is 9.05. The van der Waals surface area contributed by atoms with E-state index in [1.807, 2.05) is 18.0 Å². The summed E-state index contributed by atoms with van der Waals surface area (Å²) in [5.41, 5.74) is 0.614. The second-order valence-corrected chi connectivity index (χ2v) is 5.81. The number of fused-ring (bicyclic) bond motifs is 1. The van der Waals surface area contributed by atoms with Crippen molar-refractivity contribution in [2.24, 2.45) is 5.41 Å². The Morgan fingerprint density at radius 2 is 2.20 bits per heavy atom. The van der Waals surface area contributed by atoms with Gasteiger partial charge in [0.25, 0.3) is 0 Å². The van der Waals surface area contributed by atoms with Crippen molar-refractivity contribution in [3.8, 4) is 0 Å². The summed E-state index contributed by atoms with van der Waals surface area (Å²) in [6.07, 6.45) is 1.73. The fraction of sp³-hybridized carbons (Fsp3) is 0.562. The second kappa shape index (κ2) is 5.17. The smallest absolute Gasteiger partial charge is 0.244 e. The summed E-state index contributed by atoms with van der Waals surface area (Å²) in [5.74, 6) is -0.0531. The van der Waals surface area contributed by atoms with E-state index < -0.39 is 0 Å². The van der Waals surface area contributed by atoms with E-state index in [1.54, 1.807) is 12.1 Å². The van der Waals surface area contributed by atoms with Crippen LogP contribution >= 0.6 is 0 Å². The minimum absolute atomic E-state index is 0. The van der Waals surface area contributed by atoms with E-state index in [9.17, 15) is 9.18 Å². The van der Waals surface area contributed by atoms with Gasteiger partial charge in [-0.2, -0.15) is 0 Å². The lowest BCUT2D eigenvalue weighted by Gasteiger charge is -2.26. The van der Waals surface area contributed by atoms with E-state index in [4.69, 9.17) is 0 Å². The lowest BCUT2D eigenvalue weighted by Crippen LogP contribution is -2.36. The Hall–Kier alpha value is -1.42. The van der Waals surface area contributed by atoms with Crippen molar-refractivity contribution in [2.75, 3.05) is 13.1 Å². The molecule has 2 saturated heterocycles. The van der Waals surface area contributed by atoms with Gasteiger partial charge in [0.2, 0.25) is 5.91 Å².